The van der Waals surface area contributed by atoms with Crippen molar-refractivity contribution in [3.8, 4) is 10.4 Å². The normalized spacial score (nSPS) is 16.9. The Hall–Kier alpha value is -3.12. The summed E-state index contributed by atoms with van der Waals surface area (Å²) in [6, 6.07) is 14.3. The van der Waals surface area contributed by atoms with Crippen molar-refractivity contribution in [2.75, 3.05) is 16.8 Å². The lowest BCUT2D eigenvalue weighted by Gasteiger charge is -2.29. The number of amides is 1. The first-order valence-corrected chi connectivity index (χ1v) is 13.2. The summed E-state index contributed by atoms with van der Waals surface area (Å²) in [5.41, 5.74) is 6.60. The lowest BCUT2D eigenvalue weighted by atomic mass is 9.76. The number of aromatic carboxylic acids is 1. The van der Waals surface area contributed by atoms with Crippen LogP contribution in [0.15, 0.2) is 42.5 Å². The van der Waals surface area contributed by atoms with Crippen molar-refractivity contribution in [3.05, 3.63) is 69.6 Å². The molecule has 5 nitrogen and oxygen atoms in total. The van der Waals surface area contributed by atoms with Gasteiger partial charge in [-0.25, -0.2) is 4.79 Å². The molecule has 1 aromatic heterocycles. The lowest BCUT2D eigenvalue weighted by Crippen LogP contribution is -2.24. The van der Waals surface area contributed by atoms with Crippen LogP contribution in [0.3, 0.4) is 0 Å². The highest BCUT2D eigenvalue weighted by atomic mass is 32.1. The number of carboxylic acids is 1. The van der Waals surface area contributed by atoms with E-state index in [9.17, 15) is 14.7 Å². The van der Waals surface area contributed by atoms with Crippen LogP contribution >= 0.6 is 11.3 Å². The third-order valence-electron chi connectivity index (χ3n) is 7.24. The molecule has 3 aromatic rings. The lowest BCUT2D eigenvalue weighted by molar-refractivity contribution is -0.117. The summed E-state index contributed by atoms with van der Waals surface area (Å²) in [5, 5.41) is 13.8. The fraction of sp³-hybridized carbons (Fsp3) is 0.379. The zero-order valence-electron chi connectivity index (χ0n) is 20.6. The molecule has 0 bridgehead atoms. The molecular formula is C29H32N2O3S. The highest BCUT2D eigenvalue weighted by molar-refractivity contribution is 7.16. The predicted octanol–water partition coefficient (Wildman–Crippen LogP) is 6.68. The maximum atomic E-state index is 12.5. The number of benzene rings is 2. The topological polar surface area (TPSA) is 69.6 Å². The van der Waals surface area contributed by atoms with Crippen molar-refractivity contribution in [1.82, 2.24) is 0 Å². The molecule has 2 heterocycles. The smallest absolute Gasteiger partial charge is 0.337 e. The monoisotopic (exact) mass is 488 g/mol. The summed E-state index contributed by atoms with van der Waals surface area (Å²) < 4.78 is 0. The van der Waals surface area contributed by atoms with Gasteiger partial charge in [-0.15, -0.1) is 11.3 Å². The number of anilines is 2. The molecular weight excluding hydrogens is 456 g/mol. The van der Waals surface area contributed by atoms with E-state index in [2.05, 4.69) is 56.4 Å². The van der Waals surface area contributed by atoms with Crippen molar-refractivity contribution < 1.29 is 14.7 Å². The molecule has 1 saturated heterocycles. The molecule has 2 aliphatic rings. The van der Waals surface area contributed by atoms with Gasteiger partial charge in [0.25, 0.3) is 0 Å². The summed E-state index contributed by atoms with van der Waals surface area (Å²) >= 11 is 1.63. The van der Waals surface area contributed by atoms with Crippen LogP contribution < -0.4 is 10.2 Å². The van der Waals surface area contributed by atoms with E-state index < -0.39 is 5.97 Å². The number of aryl methyl sites for hydroxylation is 2. The Morgan fingerprint density at radius 1 is 1.14 bits per heavy atom. The number of hydrogen-bond acceptors (Lipinski definition) is 4. The molecule has 1 fully saturated rings. The molecule has 1 amide bonds. The van der Waals surface area contributed by atoms with E-state index in [-0.39, 0.29) is 11.3 Å². The molecule has 35 heavy (non-hydrogen) atoms. The first-order valence-electron chi connectivity index (χ1n) is 12.3. The number of carbonyl (C=O) groups excluding carboxylic acids is 1. The number of nitrogens with zero attached hydrogens (tertiary/aromatic N) is 1. The number of nitrogens with one attached hydrogen (secondary N) is 1. The zero-order chi connectivity index (χ0) is 24.7. The minimum atomic E-state index is -0.855. The number of thiophene rings is 1. The van der Waals surface area contributed by atoms with Crippen LogP contribution in [0.4, 0.5) is 11.4 Å². The highest BCUT2D eigenvalue weighted by Crippen LogP contribution is 2.46. The van der Waals surface area contributed by atoms with Gasteiger partial charge >= 0.3 is 5.97 Å². The molecule has 5 rings (SSSR count). The molecule has 2 aromatic carbocycles. The SMILES string of the molecule is Cc1ccc(NCc2cc(N3CCCC3=O)ccc2-c2sc3c(c2C(=O)O)CC(C)(C)CC3)cc1. The quantitative estimate of drug-likeness (QED) is 0.406. The first-order chi connectivity index (χ1) is 16.7. The van der Waals surface area contributed by atoms with Crippen LogP contribution in [0.1, 0.15) is 65.0 Å². The van der Waals surface area contributed by atoms with Crippen molar-refractivity contribution in [2.45, 2.75) is 59.4 Å². The van der Waals surface area contributed by atoms with Gasteiger partial charge in [0.2, 0.25) is 5.91 Å². The summed E-state index contributed by atoms with van der Waals surface area (Å²) in [6.45, 7) is 7.77. The molecule has 1 aliphatic carbocycles. The number of hydrogen-bond donors (Lipinski definition) is 2. The predicted molar refractivity (Wildman–Crippen MR) is 143 cm³/mol. The third kappa shape index (κ3) is 4.72. The summed E-state index contributed by atoms with van der Waals surface area (Å²) in [6.07, 6.45) is 4.22. The van der Waals surface area contributed by atoms with Crippen LogP contribution in [0.25, 0.3) is 10.4 Å². The Balaban J connectivity index is 1.59. The van der Waals surface area contributed by atoms with Gasteiger partial charge < -0.3 is 15.3 Å². The maximum Gasteiger partial charge on any atom is 0.337 e. The molecule has 0 radical (unpaired) electrons. The Kier molecular flexibility index (Phi) is 6.18. The van der Waals surface area contributed by atoms with E-state index in [0.29, 0.717) is 18.5 Å². The van der Waals surface area contributed by atoms with Crippen LogP contribution in [0, 0.1) is 12.3 Å². The molecule has 0 saturated carbocycles. The number of rotatable bonds is 6. The highest BCUT2D eigenvalue weighted by Gasteiger charge is 2.33. The largest absolute Gasteiger partial charge is 0.478 e. The van der Waals surface area contributed by atoms with Gasteiger partial charge in [-0.3, -0.25) is 4.79 Å². The second kappa shape index (κ2) is 9.15. The van der Waals surface area contributed by atoms with Crippen LogP contribution in [-0.4, -0.2) is 23.5 Å². The van der Waals surface area contributed by atoms with Crippen LogP contribution in [0.2, 0.25) is 0 Å². The second-order valence-electron chi connectivity index (χ2n) is 10.6. The van der Waals surface area contributed by atoms with Gasteiger partial charge in [-0.2, -0.15) is 0 Å². The maximum absolute atomic E-state index is 12.5. The van der Waals surface area contributed by atoms with E-state index in [4.69, 9.17) is 0 Å². The Morgan fingerprint density at radius 2 is 1.91 bits per heavy atom. The van der Waals surface area contributed by atoms with Crippen LogP contribution in [-0.2, 0) is 24.2 Å². The average molecular weight is 489 g/mol. The standard InChI is InChI=1S/C29H32N2O3S/c1-18-6-8-20(9-7-18)30-17-19-15-21(31-14-4-5-25(31)32)10-11-22(19)27-26(28(33)34)23-16-29(2,3)13-12-24(23)35-27/h6-11,15,30H,4-5,12-14,16-17H2,1-3H3,(H,33,34). The fourth-order valence-corrected chi connectivity index (χ4v) is 6.61. The number of fused-ring (bicyclic) bond motifs is 1. The van der Waals surface area contributed by atoms with E-state index in [1.807, 2.05) is 17.0 Å². The number of carboxylic acid groups (broad SMARTS) is 1. The van der Waals surface area contributed by atoms with Gasteiger partial charge in [-0.1, -0.05) is 37.6 Å². The van der Waals surface area contributed by atoms with Crippen molar-refractivity contribution in [2.24, 2.45) is 5.41 Å². The molecule has 1 aliphatic heterocycles. The van der Waals surface area contributed by atoms with Gasteiger partial charge in [0.15, 0.2) is 0 Å². The summed E-state index contributed by atoms with van der Waals surface area (Å²) in [5.74, 6) is -0.707. The van der Waals surface area contributed by atoms with Gasteiger partial charge in [-0.05, 0) is 79.0 Å². The van der Waals surface area contributed by atoms with E-state index in [1.165, 1.54) is 10.4 Å². The van der Waals surface area contributed by atoms with Crippen LogP contribution in [0.5, 0.6) is 0 Å². The first kappa shape index (κ1) is 23.6. The van der Waals surface area contributed by atoms with Crippen molar-refractivity contribution >= 4 is 34.6 Å². The minimum Gasteiger partial charge on any atom is -0.478 e. The van der Waals surface area contributed by atoms with Crippen molar-refractivity contribution in [3.63, 3.8) is 0 Å². The fourth-order valence-electron chi connectivity index (χ4n) is 5.24. The summed E-state index contributed by atoms with van der Waals surface area (Å²) in [4.78, 5) is 28.8. The molecule has 6 heteroatoms. The third-order valence-corrected chi connectivity index (χ3v) is 8.57. The molecule has 0 spiro atoms. The second-order valence-corrected chi connectivity index (χ2v) is 11.7. The van der Waals surface area contributed by atoms with Gasteiger partial charge in [0, 0.05) is 40.6 Å². The van der Waals surface area contributed by atoms with Gasteiger partial charge in [0.1, 0.15) is 0 Å². The Morgan fingerprint density at radius 3 is 2.60 bits per heavy atom. The summed E-state index contributed by atoms with van der Waals surface area (Å²) in [7, 11) is 0. The average Bonchev–Trinajstić information content (AvgIpc) is 3.41. The Labute approximate surface area is 210 Å². The minimum absolute atomic E-state index is 0.103. The van der Waals surface area contributed by atoms with E-state index in [0.717, 1.165) is 65.2 Å². The molecule has 0 unspecified atom stereocenters. The zero-order valence-corrected chi connectivity index (χ0v) is 21.4. The van der Waals surface area contributed by atoms with Crippen molar-refractivity contribution in [1.29, 1.82) is 0 Å². The molecule has 0 atom stereocenters. The van der Waals surface area contributed by atoms with E-state index >= 15 is 0 Å². The molecule has 182 valence electrons. The number of carbonyl (C=O) groups is 2. The molecule has 2 N–H and O–H groups in total. The van der Waals surface area contributed by atoms with E-state index in [1.54, 1.807) is 11.3 Å². The Bertz CT molecular complexity index is 1290. The van der Waals surface area contributed by atoms with Gasteiger partial charge in [0.05, 0.1) is 5.56 Å².